The number of amides is 1. The molecule has 0 aromatic carbocycles. The second-order valence-electron chi connectivity index (χ2n) is 6.00. The molecule has 2 N–H and O–H groups in total. The number of nitrogens with one attached hydrogen (secondary N) is 1. The molecule has 2 heterocycles. The summed E-state index contributed by atoms with van der Waals surface area (Å²) in [6.07, 6.45) is 0.929. The number of fused-ring (bicyclic) bond motifs is 1. The molecule has 1 amide bonds. The predicted molar refractivity (Wildman–Crippen MR) is 91.0 cm³/mol. The number of hydrogen-bond donors (Lipinski definition) is 2. The largest absolute Gasteiger partial charge is 0.481 e. The van der Waals surface area contributed by atoms with E-state index in [1.165, 1.54) is 18.4 Å². The van der Waals surface area contributed by atoms with Gasteiger partial charge in [0, 0.05) is 13.2 Å². The monoisotopic (exact) mass is 365 g/mol. The van der Waals surface area contributed by atoms with E-state index in [0.717, 1.165) is 10.9 Å². The minimum Gasteiger partial charge on any atom is -0.481 e. The molecule has 0 saturated heterocycles. The van der Waals surface area contributed by atoms with Crippen molar-refractivity contribution in [3.05, 3.63) is 16.3 Å². The van der Waals surface area contributed by atoms with Gasteiger partial charge in [0.1, 0.15) is 11.4 Å². The van der Waals surface area contributed by atoms with Crippen LogP contribution in [0.4, 0.5) is 0 Å². The number of methoxy groups -OCH3 is 2. The van der Waals surface area contributed by atoms with Crippen molar-refractivity contribution in [3.63, 3.8) is 0 Å². The Morgan fingerprint density at radius 3 is 2.64 bits per heavy atom. The summed E-state index contributed by atoms with van der Waals surface area (Å²) in [4.78, 5) is 33.4. The maximum absolute atomic E-state index is 12.6. The molecule has 1 fully saturated rings. The molecule has 8 nitrogen and oxygen atoms in total. The van der Waals surface area contributed by atoms with Crippen molar-refractivity contribution in [1.82, 2.24) is 15.3 Å². The van der Waals surface area contributed by atoms with Gasteiger partial charge < -0.3 is 19.9 Å². The Kier molecular flexibility index (Phi) is 4.87. The summed E-state index contributed by atoms with van der Waals surface area (Å²) in [5.41, 5.74) is 0.757. The first-order valence-corrected chi connectivity index (χ1v) is 8.62. The summed E-state index contributed by atoms with van der Waals surface area (Å²) in [6, 6.07) is -0.102. The van der Waals surface area contributed by atoms with Crippen LogP contribution >= 0.6 is 11.3 Å². The van der Waals surface area contributed by atoms with E-state index in [1.807, 2.05) is 6.92 Å². The molecule has 9 heteroatoms. The fourth-order valence-electron chi connectivity index (χ4n) is 2.89. The van der Waals surface area contributed by atoms with Crippen LogP contribution in [-0.4, -0.2) is 47.2 Å². The minimum atomic E-state index is -0.811. The highest BCUT2D eigenvalue weighted by molar-refractivity contribution is 7.20. The van der Waals surface area contributed by atoms with Gasteiger partial charge in [0.15, 0.2) is 5.82 Å². The van der Waals surface area contributed by atoms with Crippen LogP contribution in [0.25, 0.3) is 10.2 Å². The molecule has 0 aliphatic heterocycles. The molecule has 0 bridgehead atoms. The molecule has 1 saturated carbocycles. The van der Waals surface area contributed by atoms with Crippen LogP contribution in [0.2, 0.25) is 0 Å². The first-order chi connectivity index (χ1) is 11.9. The third-order valence-corrected chi connectivity index (χ3v) is 5.48. The second-order valence-corrected chi connectivity index (χ2v) is 6.99. The van der Waals surface area contributed by atoms with Crippen LogP contribution in [0.15, 0.2) is 0 Å². The lowest BCUT2D eigenvalue weighted by Crippen LogP contribution is -2.46. The summed E-state index contributed by atoms with van der Waals surface area (Å²) < 4.78 is 10.4. The highest BCUT2D eigenvalue weighted by atomic mass is 32.1. The molecule has 0 spiro atoms. The molecule has 25 heavy (non-hydrogen) atoms. The number of aromatic nitrogens is 2. The standard InChI is InChI=1S/C16H19N3O5S/c1-7-11-14(24-3)18-10(6-23-2)19-15(11)25-12(7)13(20)17-9-4-8(5-9)16(21)22/h8-9H,4-6H2,1-3H3,(H,17,20)(H,21,22). The van der Waals surface area contributed by atoms with E-state index in [9.17, 15) is 9.59 Å². The maximum Gasteiger partial charge on any atom is 0.306 e. The molecule has 2 aromatic rings. The Labute approximate surface area is 148 Å². The molecule has 134 valence electrons. The number of nitrogens with zero attached hydrogens (tertiary/aromatic N) is 2. The Morgan fingerprint density at radius 2 is 2.04 bits per heavy atom. The van der Waals surface area contributed by atoms with Crippen LogP contribution in [0.5, 0.6) is 5.88 Å². The van der Waals surface area contributed by atoms with Crippen LogP contribution < -0.4 is 10.1 Å². The van der Waals surface area contributed by atoms with Gasteiger partial charge in [-0.3, -0.25) is 9.59 Å². The summed E-state index contributed by atoms with van der Waals surface area (Å²) in [6.45, 7) is 2.08. The third kappa shape index (κ3) is 3.29. The fraction of sp³-hybridized carbons (Fsp3) is 0.500. The topological polar surface area (TPSA) is 111 Å². The molecule has 1 aliphatic rings. The van der Waals surface area contributed by atoms with E-state index in [0.29, 0.717) is 34.3 Å². The fourth-order valence-corrected chi connectivity index (χ4v) is 3.98. The van der Waals surface area contributed by atoms with Crippen molar-refractivity contribution in [2.75, 3.05) is 14.2 Å². The molecule has 0 unspecified atom stereocenters. The Bertz CT molecular complexity index is 829. The minimum absolute atomic E-state index is 0.102. The van der Waals surface area contributed by atoms with Crippen LogP contribution in [-0.2, 0) is 16.1 Å². The third-order valence-electron chi connectivity index (χ3n) is 4.30. The van der Waals surface area contributed by atoms with Gasteiger partial charge in [-0.2, -0.15) is 4.98 Å². The zero-order chi connectivity index (χ0) is 18.1. The number of carbonyl (C=O) groups excluding carboxylic acids is 1. The van der Waals surface area contributed by atoms with Gasteiger partial charge in [-0.1, -0.05) is 0 Å². The number of rotatable bonds is 6. The highest BCUT2D eigenvalue weighted by Crippen LogP contribution is 2.35. The lowest BCUT2D eigenvalue weighted by molar-refractivity contribution is -0.145. The highest BCUT2D eigenvalue weighted by Gasteiger charge is 2.36. The van der Waals surface area contributed by atoms with Crippen LogP contribution in [0.1, 0.15) is 33.9 Å². The normalized spacial score (nSPS) is 19.5. The smallest absolute Gasteiger partial charge is 0.306 e. The number of carboxylic acid groups (broad SMARTS) is 1. The summed E-state index contributed by atoms with van der Waals surface area (Å²) in [5.74, 6) is -0.488. The van der Waals surface area contributed by atoms with Crippen molar-refractivity contribution in [1.29, 1.82) is 0 Å². The molecule has 2 aromatic heterocycles. The number of carbonyl (C=O) groups is 2. The summed E-state index contributed by atoms with van der Waals surface area (Å²) in [5, 5.41) is 12.5. The summed E-state index contributed by atoms with van der Waals surface area (Å²) >= 11 is 1.27. The van der Waals surface area contributed by atoms with Gasteiger partial charge in [0.25, 0.3) is 5.91 Å². The zero-order valence-corrected chi connectivity index (χ0v) is 15.0. The van der Waals surface area contributed by atoms with Crippen LogP contribution in [0, 0.1) is 12.8 Å². The molecule has 0 radical (unpaired) electrons. The number of hydrogen-bond acceptors (Lipinski definition) is 7. The van der Waals surface area contributed by atoms with Gasteiger partial charge in [-0.05, 0) is 25.3 Å². The van der Waals surface area contributed by atoms with E-state index < -0.39 is 5.97 Å². The number of carboxylic acids is 1. The number of aryl methyl sites for hydroxylation is 1. The quantitative estimate of drug-likeness (QED) is 0.802. The number of aliphatic carboxylic acids is 1. The Hall–Kier alpha value is -2.26. The molecular weight excluding hydrogens is 346 g/mol. The van der Waals surface area contributed by atoms with E-state index in [-0.39, 0.29) is 24.5 Å². The van der Waals surface area contributed by atoms with Crippen molar-refractivity contribution in [2.45, 2.75) is 32.4 Å². The Morgan fingerprint density at radius 1 is 1.32 bits per heavy atom. The molecule has 3 rings (SSSR count). The SMILES string of the molecule is COCc1nc(OC)c2c(C)c(C(=O)NC3CC(C(=O)O)C3)sc2n1. The number of thiophene rings is 1. The molecular formula is C16H19N3O5S. The first-order valence-electron chi connectivity index (χ1n) is 7.81. The van der Waals surface area contributed by atoms with E-state index in [4.69, 9.17) is 14.6 Å². The van der Waals surface area contributed by atoms with Gasteiger partial charge >= 0.3 is 5.97 Å². The van der Waals surface area contributed by atoms with Gasteiger partial charge in [-0.15, -0.1) is 11.3 Å². The number of ether oxygens (including phenoxy) is 2. The predicted octanol–water partition coefficient (Wildman–Crippen LogP) is 1.75. The van der Waals surface area contributed by atoms with Gasteiger partial charge in [0.05, 0.1) is 23.3 Å². The van der Waals surface area contributed by atoms with E-state index in [2.05, 4.69) is 15.3 Å². The second kappa shape index (κ2) is 6.93. The van der Waals surface area contributed by atoms with E-state index in [1.54, 1.807) is 7.11 Å². The lowest BCUT2D eigenvalue weighted by Gasteiger charge is -2.32. The van der Waals surface area contributed by atoms with Gasteiger partial charge in [0.2, 0.25) is 5.88 Å². The van der Waals surface area contributed by atoms with Crippen molar-refractivity contribution < 1.29 is 24.2 Å². The van der Waals surface area contributed by atoms with Crippen molar-refractivity contribution in [2.24, 2.45) is 5.92 Å². The zero-order valence-electron chi connectivity index (χ0n) is 14.2. The van der Waals surface area contributed by atoms with Crippen LogP contribution in [0.3, 0.4) is 0 Å². The average molecular weight is 365 g/mol. The van der Waals surface area contributed by atoms with Crippen molar-refractivity contribution >= 4 is 33.4 Å². The summed E-state index contributed by atoms with van der Waals surface area (Å²) in [7, 11) is 3.08. The van der Waals surface area contributed by atoms with E-state index >= 15 is 0 Å². The first kappa shape index (κ1) is 17.6. The maximum atomic E-state index is 12.6. The molecule has 0 atom stereocenters. The van der Waals surface area contributed by atoms with Crippen molar-refractivity contribution in [3.8, 4) is 5.88 Å². The Balaban J connectivity index is 1.85. The molecule has 1 aliphatic carbocycles. The van der Waals surface area contributed by atoms with Gasteiger partial charge in [-0.25, -0.2) is 4.98 Å². The lowest BCUT2D eigenvalue weighted by atomic mass is 9.80. The average Bonchev–Trinajstić information content (AvgIpc) is 2.86.